The van der Waals surface area contributed by atoms with Crippen molar-refractivity contribution in [1.29, 1.82) is 0 Å². The number of benzene rings is 3. The Hall–Kier alpha value is -7.21. The fraction of sp³-hybridized carbons (Fsp3) is 0.405. The summed E-state index contributed by atoms with van der Waals surface area (Å²) < 4.78 is 37.0. The van der Waals surface area contributed by atoms with Gasteiger partial charge in [-0.25, -0.2) is 19.7 Å². The molecule has 0 radical (unpaired) electrons. The Morgan fingerprint density at radius 1 is 0.806 bits per heavy atom. The number of hydrazone groups is 1. The van der Waals surface area contributed by atoms with Crippen LogP contribution in [-0.4, -0.2) is 100 Å². The minimum absolute atomic E-state index is 0.00928. The predicted octanol–water partition coefficient (Wildman–Crippen LogP) is 2.32. The van der Waals surface area contributed by atoms with Gasteiger partial charge in [0, 0.05) is 30.0 Å². The molecule has 3 aromatic carbocycles. The van der Waals surface area contributed by atoms with Gasteiger partial charge in [0.05, 0.1) is 0 Å². The quantitative estimate of drug-likeness (QED) is 0.0215. The molecule has 0 heterocycles. The minimum Gasteiger partial charge on any atom is -0.508 e. The van der Waals surface area contributed by atoms with E-state index < -0.39 is 77.0 Å². The molecule has 0 aromatic heterocycles. The molecule has 3 rings (SSSR count). The molecule has 0 aliphatic carbocycles. The van der Waals surface area contributed by atoms with E-state index in [1.54, 1.807) is 68.4 Å². The standard InChI is InChI=1S/C40H53ClN10O9.C2HF3O2/c1-24-19-28(52)20-25(2)29(24)22-34(48-37(55)32(16-10-17-42)49-39(44)50-51(58)59)38(56)46-31(36(54)47-33(35(43)53)21-26-11-4-3-5-12-26)15-8-9-18-45-40(57)60-23-27-13-6-7-14-30(27)41;3-2(4,5)1(6)7/h3-7,11-14,19-20,31-34,52H,8-10,15-18,21-23,42H2,1-2H3,(H2,43,53)(H,45,57)(H,46,56)(H,47,54)(H,48,55)(H3,44,49,50);(H,6,7)/t31-,32+,33-,34-;/m0./s1. The summed E-state index contributed by atoms with van der Waals surface area (Å²) in [6.07, 6.45) is -4.79. The number of amides is 5. The van der Waals surface area contributed by atoms with Gasteiger partial charge >= 0.3 is 18.2 Å². The lowest BCUT2D eigenvalue weighted by Gasteiger charge is -2.27. The van der Waals surface area contributed by atoms with Gasteiger partial charge in [0.25, 0.3) is 5.96 Å². The Morgan fingerprint density at radius 2 is 1.33 bits per heavy atom. The third kappa shape index (κ3) is 21.1. The highest BCUT2D eigenvalue weighted by molar-refractivity contribution is 6.31. The third-order valence-corrected chi connectivity index (χ3v) is 9.94. The highest BCUT2D eigenvalue weighted by Crippen LogP contribution is 2.23. The third-order valence-electron chi connectivity index (χ3n) is 9.57. The minimum atomic E-state index is -5.08. The highest BCUT2D eigenvalue weighted by Gasteiger charge is 2.38. The number of rotatable bonds is 23. The second-order valence-corrected chi connectivity index (χ2v) is 15.2. The van der Waals surface area contributed by atoms with E-state index in [0.717, 1.165) is 5.56 Å². The summed E-state index contributed by atoms with van der Waals surface area (Å²) in [5, 5.41) is 43.8. The molecule has 25 heteroatoms. The zero-order chi connectivity index (χ0) is 50.3. The van der Waals surface area contributed by atoms with E-state index in [2.05, 4.69) is 31.7 Å². The van der Waals surface area contributed by atoms with Gasteiger partial charge in [-0.05, 0) is 92.9 Å². The van der Waals surface area contributed by atoms with Crippen LogP contribution in [0.2, 0.25) is 5.02 Å². The second kappa shape index (κ2) is 28.0. The van der Waals surface area contributed by atoms with Crippen molar-refractivity contribution >= 4 is 53.3 Å². The average molecular weight is 967 g/mol. The average Bonchev–Trinajstić information content (AvgIpc) is 3.24. The molecule has 21 nitrogen and oxygen atoms in total. The number of nitrogens with two attached hydrogens (primary N) is 3. The van der Waals surface area contributed by atoms with E-state index in [0.29, 0.717) is 40.1 Å². The van der Waals surface area contributed by atoms with Crippen LogP contribution in [0.5, 0.6) is 5.75 Å². The van der Waals surface area contributed by atoms with Crippen molar-refractivity contribution in [3.05, 3.63) is 110 Å². The molecule has 0 unspecified atom stereocenters. The fourth-order valence-electron chi connectivity index (χ4n) is 6.22. The number of aliphatic carboxylic acids is 1. The molecule has 0 fully saturated rings. The van der Waals surface area contributed by atoms with Crippen molar-refractivity contribution in [2.75, 3.05) is 13.1 Å². The number of alkyl halides is 3. The van der Waals surface area contributed by atoms with Crippen molar-refractivity contribution < 1.29 is 61.9 Å². The van der Waals surface area contributed by atoms with Gasteiger partial charge in [-0.15, -0.1) is 0 Å². The number of carboxylic acids is 1. The van der Waals surface area contributed by atoms with Gasteiger partial charge in [0.15, 0.2) is 5.03 Å². The lowest BCUT2D eigenvalue weighted by Crippen LogP contribution is -2.59. The maximum Gasteiger partial charge on any atom is 0.490 e. The zero-order valence-electron chi connectivity index (χ0n) is 36.4. The lowest BCUT2D eigenvalue weighted by atomic mass is 9.95. The molecule has 0 saturated heterocycles. The summed E-state index contributed by atoms with van der Waals surface area (Å²) in [5.41, 5.74) is 20.2. The Labute approximate surface area is 387 Å². The molecule has 0 spiro atoms. The van der Waals surface area contributed by atoms with E-state index in [1.807, 2.05) is 0 Å². The van der Waals surface area contributed by atoms with Crippen LogP contribution in [0.25, 0.3) is 0 Å². The number of phenols is 1. The number of alkyl carbamates (subject to hydrolysis) is 1. The van der Waals surface area contributed by atoms with E-state index in [9.17, 15) is 52.4 Å². The number of aromatic hydroxyl groups is 1. The maximum absolute atomic E-state index is 14.3. The summed E-state index contributed by atoms with van der Waals surface area (Å²) in [6.45, 7) is 3.70. The van der Waals surface area contributed by atoms with Crippen LogP contribution < -0.4 is 43.8 Å². The van der Waals surface area contributed by atoms with Crippen LogP contribution in [0.1, 0.15) is 59.9 Å². The second-order valence-electron chi connectivity index (χ2n) is 14.8. The molecular formula is C42H54ClF3N10O11. The fourth-order valence-corrected chi connectivity index (χ4v) is 6.41. The first-order valence-electron chi connectivity index (χ1n) is 20.4. The first-order chi connectivity index (χ1) is 31.5. The summed E-state index contributed by atoms with van der Waals surface area (Å²) in [4.78, 5) is 86.7. The van der Waals surface area contributed by atoms with Gasteiger partial charge in [0.1, 0.15) is 41.6 Å². The molecule has 0 saturated carbocycles. The number of aryl methyl sites for hydroxylation is 2. The van der Waals surface area contributed by atoms with Crippen LogP contribution in [0.15, 0.2) is 71.8 Å². The predicted molar refractivity (Wildman–Crippen MR) is 237 cm³/mol. The molecule has 4 atom stereocenters. The summed E-state index contributed by atoms with van der Waals surface area (Å²) in [5.74, 6) is -6.52. The number of unbranched alkanes of at least 4 members (excludes halogenated alkanes) is 1. The molecule has 366 valence electrons. The number of halogens is 4. The first-order valence-corrected chi connectivity index (χ1v) is 20.8. The van der Waals surface area contributed by atoms with Gasteiger partial charge in [-0.2, -0.15) is 13.2 Å². The molecule has 13 N–H and O–H groups in total. The van der Waals surface area contributed by atoms with Crippen LogP contribution in [0.4, 0.5) is 18.0 Å². The van der Waals surface area contributed by atoms with Gasteiger partial charge in [-0.3, -0.25) is 19.2 Å². The first kappa shape index (κ1) is 55.9. The Morgan fingerprint density at radius 3 is 1.88 bits per heavy atom. The van der Waals surface area contributed by atoms with Crippen molar-refractivity contribution in [2.45, 2.75) is 95.7 Å². The molecule has 0 aliphatic rings. The Balaban J connectivity index is 0.00000203. The summed E-state index contributed by atoms with van der Waals surface area (Å²) in [7, 11) is 0. The molecule has 5 amide bonds. The number of hydrogen-bond acceptors (Lipinski definition) is 11. The lowest BCUT2D eigenvalue weighted by molar-refractivity contribution is -0.485. The van der Waals surface area contributed by atoms with Crippen LogP contribution >= 0.6 is 11.6 Å². The zero-order valence-corrected chi connectivity index (χ0v) is 37.2. The van der Waals surface area contributed by atoms with Crippen molar-refractivity contribution in [3.63, 3.8) is 0 Å². The van der Waals surface area contributed by atoms with Crippen molar-refractivity contribution in [3.8, 4) is 5.75 Å². The van der Waals surface area contributed by atoms with Crippen molar-refractivity contribution in [1.82, 2.24) is 26.6 Å². The van der Waals surface area contributed by atoms with E-state index in [4.69, 9.17) is 43.4 Å². The smallest absolute Gasteiger partial charge is 0.490 e. The topological polar surface area (TPSA) is 346 Å². The van der Waals surface area contributed by atoms with Gasteiger partial charge in [-0.1, -0.05) is 60.1 Å². The molecule has 0 bridgehead atoms. The van der Waals surface area contributed by atoms with E-state index in [1.165, 1.54) is 12.1 Å². The normalized spacial score (nSPS) is 13.0. The Kier molecular flexibility index (Phi) is 23.3. The summed E-state index contributed by atoms with van der Waals surface area (Å²) >= 11 is 6.14. The van der Waals surface area contributed by atoms with Crippen LogP contribution in [0.3, 0.4) is 0 Å². The number of phenolic OH excluding ortho intramolecular Hbond substituents is 1. The number of nitrogens with one attached hydrogen (secondary N) is 5. The number of carbonyl (C=O) groups excluding carboxylic acids is 5. The number of primary amides is 1. The largest absolute Gasteiger partial charge is 0.508 e. The SMILES string of the molecule is Cc1cc(O)cc(C)c1C[C@H](NC(=O)[C@@H](CCCN)N/C(N)=N/[N+](=O)[O-])C(=O)N[C@@H](CCCCNC(=O)OCc1ccccc1Cl)C(=O)N[C@@H](Cc1ccccc1)C(N)=O.O=C(O)C(F)(F)F. The summed E-state index contributed by atoms with van der Waals surface area (Å²) in [6, 6.07) is 13.8. The van der Waals surface area contributed by atoms with Gasteiger partial charge in [0.2, 0.25) is 23.6 Å². The number of nitro groups is 1. The number of nitrogens with zero attached hydrogens (tertiary/aromatic N) is 2. The molecule has 67 heavy (non-hydrogen) atoms. The van der Waals surface area contributed by atoms with Crippen LogP contribution in [-0.2, 0) is 48.2 Å². The van der Waals surface area contributed by atoms with E-state index in [-0.39, 0.29) is 57.6 Å². The van der Waals surface area contributed by atoms with Crippen molar-refractivity contribution in [2.24, 2.45) is 22.3 Å². The van der Waals surface area contributed by atoms with Gasteiger partial charge < -0.3 is 58.7 Å². The Bertz CT molecular complexity index is 2180. The van der Waals surface area contributed by atoms with Crippen LogP contribution in [0, 0.1) is 24.0 Å². The molecule has 0 aliphatic heterocycles. The molecule has 3 aromatic rings. The monoisotopic (exact) mass is 966 g/mol. The number of ether oxygens (including phenoxy) is 1. The van der Waals surface area contributed by atoms with E-state index >= 15 is 0 Å². The molecular weight excluding hydrogens is 913 g/mol. The number of carboxylic acid groups (broad SMARTS) is 1. The highest BCUT2D eigenvalue weighted by atomic mass is 35.5. The number of carbonyl (C=O) groups is 6. The number of guanidine groups is 1. The maximum atomic E-state index is 14.3. The number of hydrogen-bond donors (Lipinski definition) is 10.